The Labute approximate surface area is 78.3 Å². The van der Waals surface area contributed by atoms with E-state index < -0.39 is 15.7 Å². The standard InChI is InChI=1S/AsH3O3.Fe.5H2O.O/c2-1(3)4;;;;;;;/h2-4H;;5*1H2;/q;+3;;;;;;-2. The van der Waals surface area contributed by atoms with Crippen LogP contribution in [0.1, 0.15) is 0 Å². The maximum absolute atomic E-state index is 7.31. The topological polar surface area (TPSA) is 247 Å². The summed E-state index contributed by atoms with van der Waals surface area (Å²) in [6.45, 7) is 0. The molecule has 0 saturated heterocycles. The van der Waals surface area contributed by atoms with Crippen molar-refractivity contribution >= 4 is 15.7 Å². The molecule has 0 heterocycles. The van der Waals surface area contributed by atoms with Crippen LogP contribution in [0.15, 0.2) is 0 Å². The first-order valence-electron chi connectivity index (χ1n) is 0.600. The molecule has 0 aliphatic heterocycles. The van der Waals surface area contributed by atoms with Crippen LogP contribution in [0.25, 0.3) is 0 Å². The quantitative estimate of drug-likeness (QED) is 0.368. The Morgan fingerprint density at radius 3 is 0.636 bits per heavy atom. The van der Waals surface area contributed by atoms with Crippen LogP contribution in [-0.2, 0) is 22.5 Å². The van der Waals surface area contributed by atoms with Gasteiger partial charge in [0, 0.05) is 0 Å². The van der Waals surface area contributed by atoms with Crippen molar-refractivity contribution in [3.8, 4) is 0 Å². The Kier molecular flexibility index (Phi) is 648. The summed E-state index contributed by atoms with van der Waals surface area (Å²) in [4.78, 5) is 0. The van der Waals surface area contributed by atoms with Crippen LogP contribution in [0, 0.1) is 0 Å². The SMILES string of the molecule is O.O.O.O.O.O[As](O)O.[Fe+3].[O-2]. The molecule has 0 aliphatic carbocycles. The van der Waals surface area contributed by atoms with Crippen LogP contribution in [0.5, 0.6) is 0 Å². The minimum atomic E-state index is -3.19. The predicted molar refractivity (Wildman–Crippen MR) is 31.2 cm³/mol. The van der Waals surface area contributed by atoms with E-state index in [4.69, 9.17) is 12.3 Å². The molecule has 0 aliphatic rings. The Bertz CT molecular complexity index is 14.3. The van der Waals surface area contributed by atoms with Gasteiger partial charge in [-0.2, -0.15) is 0 Å². The van der Waals surface area contributed by atoms with E-state index in [9.17, 15) is 0 Å². The van der Waals surface area contributed by atoms with E-state index in [1.807, 2.05) is 0 Å². The van der Waals surface area contributed by atoms with Gasteiger partial charge in [-0.05, 0) is 0 Å². The second-order valence-electron chi connectivity index (χ2n) is 0.268. The predicted octanol–water partition coefficient (Wildman–Crippen LogP) is -6.30. The van der Waals surface area contributed by atoms with Gasteiger partial charge in [0.15, 0.2) is 0 Å². The molecule has 0 bridgehead atoms. The van der Waals surface area contributed by atoms with Crippen LogP contribution in [-0.4, -0.2) is 55.3 Å². The third-order valence-corrected chi connectivity index (χ3v) is 0. The van der Waals surface area contributed by atoms with E-state index in [0.717, 1.165) is 0 Å². The van der Waals surface area contributed by atoms with Gasteiger partial charge in [0.1, 0.15) is 0 Å². The molecule has 0 saturated carbocycles. The molecule has 0 aromatic carbocycles. The van der Waals surface area contributed by atoms with E-state index in [2.05, 4.69) is 0 Å². The van der Waals surface area contributed by atoms with E-state index in [1.54, 1.807) is 0 Å². The van der Waals surface area contributed by atoms with Crippen molar-refractivity contribution in [3.05, 3.63) is 0 Å². The van der Waals surface area contributed by atoms with Crippen LogP contribution in [0.2, 0.25) is 0 Å². The summed E-state index contributed by atoms with van der Waals surface area (Å²) in [5.74, 6) is 0. The fourth-order valence-corrected chi connectivity index (χ4v) is 0. The zero-order valence-electron chi connectivity index (χ0n) is 5.05. The van der Waals surface area contributed by atoms with Gasteiger partial charge in [0.2, 0.25) is 0 Å². The molecule has 79 valence electrons. The summed E-state index contributed by atoms with van der Waals surface area (Å²) in [5, 5.41) is 0. The maximum atomic E-state index is 7.31. The van der Waals surface area contributed by atoms with E-state index in [0.29, 0.717) is 0 Å². The summed E-state index contributed by atoms with van der Waals surface area (Å²) in [6, 6.07) is 0. The molecule has 11 heavy (non-hydrogen) atoms. The Morgan fingerprint density at radius 1 is 0.636 bits per heavy atom. The van der Waals surface area contributed by atoms with Crippen molar-refractivity contribution in [2.24, 2.45) is 0 Å². The average molecular weight is 288 g/mol. The number of hydrogen-bond donors (Lipinski definition) is 3. The number of rotatable bonds is 0. The second kappa shape index (κ2) is 73.2. The molecule has 0 fully saturated rings. The minimum Gasteiger partial charge on any atom is -2.00 e. The van der Waals surface area contributed by atoms with Crippen LogP contribution in [0.4, 0.5) is 0 Å². The maximum Gasteiger partial charge on any atom is 3.00 e. The molecule has 0 amide bonds. The molecule has 1 radical (unpaired) electrons. The van der Waals surface area contributed by atoms with Crippen molar-refractivity contribution < 1.29 is 62.2 Å². The average Bonchev–Trinajstić information content (AvgIpc) is 0.811. The zero-order chi connectivity index (χ0) is 3.58. The Morgan fingerprint density at radius 2 is 0.636 bits per heavy atom. The van der Waals surface area contributed by atoms with Gasteiger partial charge in [-0.25, -0.2) is 0 Å². The molecular formula is H13AsFeO9+. The van der Waals surface area contributed by atoms with Gasteiger partial charge in [-0.15, -0.1) is 0 Å². The molecular weight excluding hydrogens is 275 g/mol. The number of hydrogen-bond acceptors (Lipinski definition) is 3. The van der Waals surface area contributed by atoms with Gasteiger partial charge >= 0.3 is 45.0 Å². The summed E-state index contributed by atoms with van der Waals surface area (Å²) in [5.41, 5.74) is 0. The molecule has 13 N–H and O–H groups in total. The summed E-state index contributed by atoms with van der Waals surface area (Å²) in [7, 11) is 0. The molecule has 0 unspecified atom stereocenters. The van der Waals surface area contributed by atoms with Crippen molar-refractivity contribution in [3.63, 3.8) is 0 Å². The first-order chi connectivity index (χ1) is 1.73. The molecule has 11 heteroatoms. The summed E-state index contributed by atoms with van der Waals surface area (Å²) in [6.07, 6.45) is 0. The van der Waals surface area contributed by atoms with Crippen LogP contribution >= 0.6 is 0 Å². The minimum absolute atomic E-state index is 0. The fraction of sp³-hybridized carbons (Fsp3) is 0. The molecule has 0 rings (SSSR count). The molecule has 0 aromatic heterocycles. The van der Waals surface area contributed by atoms with E-state index >= 15 is 0 Å². The Hall–Kier alpha value is 0.718. The Balaban J connectivity index is -0.00000000214. The fourth-order valence-electron chi connectivity index (χ4n) is 0. The largest absolute Gasteiger partial charge is 3.00 e. The van der Waals surface area contributed by atoms with Crippen molar-refractivity contribution in [2.45, 2.75) is 0 Å². The van der Waals surface area contributed by atoms with Crippen molar-refractivity contribution in [2.75, 3.05) is 0 Å². The van der Waals surface area contributed by atoms with Gasteiger partial charge in [0.25, 0.3) is 0 Å². The smallest absolute Gasteiger partial charge is 2.00 e. The third kappa shape index (κ3) is 1580. The molecule has 0 aromatic rings. The first-order valence-corrected chi connectivity index (χ1v) is 3.12. The normalized spacial score (nSPS) is 3.27. The van der Waals surface area contributed by atoms with Crippen molar-refractivity contribution in [1.29, 1.82) is 0 Å². The zero-order valence-corrected chi connectivity index (χ0v) is 8.03. The van der Waals surface area contributed by atoms with Crippen molar-refractivity contribution in [1.82, 2.24) is 0 Å². The second-order valence-corrected chi connectivity index (χ2v) is 1.39. The van der Waals surface area contributed by atoms with Crippen LogP contribution in [0.3, 0.4) is 0 Å². The third-order valence-electron chi connectivity index (χ3n) is 0. The first kappa shape index (κ1) is 97.4. The van der Waals surface area contributed by atoms with Gasteiger partial charge < -0.3 is 32.9 Å². The van der Waals surface area contributed by atoms with Gasteiger partial charge in [-0.1, -0.05) is 0 Å². The monoisotopic (exact) mass is 288 g/mol. The van der Waals surface area contributed by atoms with E-state index in [1.165, 1.54) is 0 Å². The van der Waals surface area contributed by atoms with Gasteiger partial charge in [0.05, 0.1) is 0 Å². The van der Waals surface area contributed by atoms with Gasteiger partial charge in [-0.3, -0.25) is 0 Å². The van der Waals surface area contributed by atoms with E-state index in [-0.39, 0.29) is 49.9 Å². The molecule has 9 nitrogen and oxygen atoms in total. The van der Waals surface area contributed by atoms with Crippen LogP contribution < -0.4 is 0 Å². The summed E-state index contributed by atoms with van der Waals surface area (Å²) < 4.78 is 21.9. The summed E-state index contributed by atoms with van der Waals surface area (Å²) >= 11 is -3.19. The molecule has 0 spiro atoms. The molecule has 0 atom stereocenters.